The van der Waals surface area contributed by atoms with E-state index in [1.165, 1.54) is 61.6 Å². The molecule has 2 aromatic carbocycles. The van der Waals surface area contributed by atoms with Crippen LogP contribution >= 0.6 is 0 Å². The zero-order chi connectivity index (χ0) is 21.6. The molecule has 3 nitrogen and oxygen atoms in total. The monoisotopic (exact) mass is 410 g/mol. The number of rotatable bonds is 14. The van der Waals surface area contributed by atoms with Gasteiger partial charge in [0, 0.05) is 6.42 Å². The lowest BCUT2D eigenvalue weighted by molar-refractivity contribution is -0.149. The normalized spacial score (nSPS) is 11.8. The second-order valence-electron chi connectivity index (χ2n) is 8.10. The van der Waals surface area contributed by atoms with E-state index in [0.29, 0.717) is 13.0 Å². The fourth-order valence-electron chi connectivity index (χ4n) is 3.45. The predicted octanol–water partition coefficient (Wildman–Crippen LogP) is 7.37. The van der Waals surface area contributed by atoms with Crippen molar-refractivity contribution < 1.29 is 14.3 Å². The highest BCUT2D eigenvalue weighted by Gasteiger charge is 2.09. The van der Waals surface area contributed by atoms with Crippen LogP contribution in [-0.2, 0) is 16.0 Å². The number of esters is 1. The first-order valence-corrected chi connectivity index (χ1v) is 11.6. The van der Waals surface area contributed by atoms with Crippen molar-refractivity contribution in [3.8, 4) is 16.9 Å². The molecule has 3 heteroatoms. The SMILES string of the molecule is CCCCCCCCc1ccc(-c2ccc(OCC(C)OC(=O)CCC)cc2)cc1. The molecule has 0 N–H and O–H groups in total. The van der Waals surface area contributed by atoms with Gasteiger partial charge in [-0.2, -0.15) is 0 Å². The minimum absolute atomic E-state index is 0.163. The van der Waals surface area contributed by atoms with E-state index in [2.05, 4.69) is 43.3 Å². The molecule has 0 saturated carbocycles. The fraction of sp³-hybridized carbons (Fsp3) is 0.519. The Morgan fingerprint density at radius 3 is 2.03 bits per heavy atom. The van der Waals surface area contributed by atoms with Crippen LogP contribution in [0.15, 0.2) is 48.5 Å². The van der Waals surface area contributed by atoms with Gasteiger partial charge in [0.25, 0.3) is 0 Å². The highest BCUT2D eigenvalue weighted by molar-refractivity contribution is 5.69. The van der Waals surface area contributed by atoms with Gasteiger partial charge >= 0.3 is 5.97 Å². The number of ether oxygens (including phenoxy) is 2. The van der Waals surface area contributed by atoms with Gasteiger partial charge in [-0.3, -0.25) is 4.79 Å². The zero-order valence-electron chi connectivity index (χ0n) is 19.0. The first-order chi connectivity index (χ1) is 14.6. The standard InChI is InChI=1S/C27H38O3/c1-4-6-7-8-9-10-12-23-13-15-24(16-14-23)25-17-19-26(20-18-25)29-21-22(3)30-27(28)11-5-2/h13-20,22H,4-12,21H2,1-3H3. The van der Waals surface area contributed by atoms with E-state index in [0.717, 1.165) is 12.2 Å². The van der Waals surface area contributed by atoms with Crippen LogP contribution in [0.2, 0.25) is 0 Å². The van der Waals surface area contributed by atoms with Crippen LogP contribution < -0.4 is 4.74 Å². The maximum Gasteiger partial charge on any atom is 0.306 e. The molecular formula is C27H38O3. The highest BCUT2D eigenvalue weighted by Crippen LogP contribution is 2.23. The smallest absolute Gasteiger partial charge is 0.306 e. The summed E-state index contributed by atoms with van der Waals surface area (Å²) in [6.07, 6.45) is 10.2. The summed E-state index contributed by atoms with van der Waals surface area (Å²) in [5.41, 5.74) is 3.81. The number of hydrogen-bond donors (Lipinski definition) is 0. The minimum atomic E-state index is -0.247. The molecule has 0 amide bonds. The number of aryl methyl sites for hydroxylation is 1. The third kappa shape index (κ3) is 9.02. The largest absolute Gasteiger partial charge is 0.490 e. The van der Waals surface area contributed by atoms with Gasteiger partial charge in [0.05, 0.1) is 0 Å². The van der Waals surface area contributed by atoms with Crippen LogP contribution in [0.4, 0.5) is 0 Å². The maximum absolute atomic E-state index is 11.5. The van der Waals surface area contributed by atoms with Gasteiger partial charge in [0.2, 0.25) is 0 Å². The zero-order valence-corrected chi connectivity index (χ0v) is 19.0. The Bertz CT molecular complexity index is 719. The summed E-state index contributed by atoms with van der Waals surface area (Å²) in [6, 6.07) is 17.0. The van der Waals surface area contributed by atoms with Crippen molar-refractivity contribution in [1.82, 2.24) is 0 Å². The average Bonchev–Trinajstić information content (AvgIpc) is 2.76. The first kappa shape index (κ1) is 24.0. The molecule has 164 valence electrons. The van der Waals surface area contributed by atoms with Gasteiger partial charge < -0.3 is 9.47 Å². The quantitative estimate of drug-likeness (QED) is 0.241. The summed E-state index contributed by atoms with van der Waals surface area (Å²) >= 11 is 0. The van der Waals surface area contributed by atoms with Gasteiger partial charge in [-0.1, -0.05) is 82.3 Å². The molecule has 0 radical (unpaired) electrons. The lowest BCUT2D eigenvalue weighted by Gasteiger charge is -2.14. The van der Waals surface area contributed by atoms with E-state index in [9.17, 15) is 4.79 Å². The lowest BCUT2D eigenvalue weighted by Crippen LogP contribution is -2.21. The van der Waals surface area contributed by atoms with Gasteiger partial charge in [-0.05, 0) is 55.0 Å². The Morgan fingerprint density at radius 1 is 0.800 bits per heavy atom. The molecular weight excluding hydrogens is 372 g/mol. The average molecular weight is 411 g/mol. The molecule has 0 aliphatic rings. The molecule has 0 fully saturated rings. The van der Waals surface area contributed by atoms with Crippen LogP contribution in [0.1, 0.15) is 77.7 Å². The minimum Gasteiger partial charge on any atom is -0.490 e. The molecule has 0 saturated heterocycles. The number of carbonyl (C=O) groups is 1. The van der Waals surface area contributed by atoms with Crippen molar-refractivity contribution in [2.24, 2.45) is 0 Å². The molecule has 0 aromatic heterocycles. The van der Waals surface area contributed by atoms with Crippen LogP contribution in [0, 0.1) is 0 Å². The van der Waals surface area contributed by atoms with E-state index in [1.54, 1.807) is 0 Å². The Kier molecular flexibility index (Phi) is 11.1. The molecule has 30 heavy (non-hydrogen) atoms. The Hall–Kier alpha value is -2.29. The van der Waals surface area contributed by atoms with Gasteiger partial charge in [0.1, 0.15) is 18.5 Å². The molecule has 0 aliphatic carbocycles. The lowest BCUT2D eigenvalue weighted by atomic mass is 10.0. The summed E-state index contributed by atoms with van der Waals surface area (Å²) in [7, 11) is 0. The van der Waals surface area contributed by atoms with E-state index >= 15 is 0 Å². The van der Waals surface area contributed by atoms with Crippen molar-refractivity contribution in [3.05, 3.63) is 54.1 Å². The first-order valence-electron chi connectivity index (χ1n) is 11.6. The van der Waals surface area contributed by atoms with Crippen LogP contribution in [0.5, 0.6) is 5.75 Å². The van der Waals surface area contributed by atoms with Gasteiger partial charge in [0.15, 0.2) is 0 Å². The van der Waals surface area contributed by atoms with Gasteiger partial charge in [-0.25, -0.2) is 0 Å². The van der Waals surface area contributed by atoms with Crippen LogP contribution in [0.25, 0.3) is 11.1 Å². The van der Waals surface area contributed by atoms with Crippen LogP contribution in [0.3, 0.4) is 0 Å². The Balaban J connectivity index is 1.76. The molecule has 0 aliphatic heterocycles. The van der Waals surface area contributed by atoms with Crippen LogP contribution in [-0.4, -0.2) is 18.7 Å². The van der Waals surface area contributed by atoms with Crippen molar-refractivity contribution >= 4 is 5.97 Å². The number of hydrogen-bond acceptors (Lipinski definition) is 3. The van der Waals surface area contributed by atoms with E-state index in [1.807, 2.05) is 26.0 Å². The third-order valence-corrected chi connectivity index (χ3v) is 5.23. The fourth-order valence-corrected chi connectivity index (χ4v) is 3.45. The van der Waals surface area contributed by atoms with E-state index in [4.69, 9.17) is 9.47 Å². The Morgan fingerprint density at radius 2 is 1.40 bits per heavy atom. The maximum atomic E-state index is 11.5. The van der Waals surface area contributed by atoms with Crippen molar-refractivity contribution in [2.75, 3.05) is 6.61 Å². The summed E-state index contributed by atoms with van der Waals surface area (Å²) < 4.78 is 11.1. The van der Waals surface area contributed by atoms with Crippen molar-refractivity contribution in [3.63, 3.8) is 0 Å². The number of carbonyl (C=O) groups excluding carboxylic acids is 1. The molecule has 1 unspecified atom stereocenters. The van der Waals surface area contributed by atoms with E-state index in [-0.39, 0.29) is 12.1 Å². The number of unbranched alkanes of at least 4 members (excludes halogenated alkanes) is 5. The molecule has 0 spiro atoms. The third-order valence-electron chi connectivity index (χ3n) is 5.23. The van der Waals surface area contributed by atoms with Crippen molar-refractivity contribution in [2.45, 2.75) is 84.7 Å². The Labute approximate surface area is 182 Å². The highest BCUT2D eigenvalue weighted by atomic mass is 16.6. The number of benzene rings is 2. The topological polar surface area (TPSA) is 35.5 Å². The summed E-state index contributed by atoms with van der Waals surface area (Å²) in [5.74, 6) is 0.626. The molecule has 0 bridgehead atoms. The van der Waals surface area contributed by atoms with Gasteiger partial charge in [-0.15, -0.1) is 0 Å². The predicted molar refractivity (Wildman–Crippen MR) is 125 cm³/mol. The molecule has 0 heterocycles. The second-order valence-corrected chi connectivity index (χ2v) is 8.10. The molecule has 2 aromatic rings. The second kappa shape index (κ2) is 13.8. The summed E-state index contributed by atoms with van der Waals surface area (Å²) in [4.78, 5) is 11.5. The summed E-state index contributed by atoms with van der Waals surface area (Å²) in [6.45, 7) is 6.44. The summed E-state index contributed by atoms with van der Waals surface area (Å²) in [5, 5.41) is 0. The molecule has 1 atom stereocenters. The molecule has 2 rings (SSSR count). The van der Waals surface area contributed by atoms with E-state index < -0.39 is 0 Å². The van der Waals surface area contributed by atoms with Crippen molar-refractivity contribution in [1.29, 1.82) is 0 Å².